The molecule has 2 nitrogen and oxygen atoms in total. The van der Waals surface area contributed by atoms with Crippen molar-refractivity contribution < 1.29 is 0 Å². The molecular formula is C18H14N2. The molecule has 0 aliphatic carbocycles. The molecule has 0 saturated heterocycles. The van der Waals surface area contributed by atoms with Crippen molar-refractivity contribution in [2.24, 2.45) is 0 Å². The Bertz CT molecular complexity index is 971. The molecule has 1 heterocycles. The molecule has 0 bridgehead atoms. The van der Waals surface area contributed by atoms with E-state index in [9.17, 15) is 0 Å². The Morgan fingerprint density at radius 2 is 1.60 bits per heavy atom. The summed E-state index contributed by atoms with van der Waals surface area (Å²) in [6, 6.07) is 16.7. The highest BCUT2D eigenvalue weighted by Gasteiger charge is 2.07. The Hall–Kier alpha value is -2.48. The van der Waals surface area contributed by atoms with Crippen molar-refractivity contribution >= 4 is 32.8 Å². The van der Waals surface area contributed by atoms with E-state index >= 15 is 0 Å². The average molecular weight is 258 g/mol. The lowest BCUT2D eigenvalue weighted by atomic mass is 10.0. The van der Waals surface area contributed by atoms with Gasteiger partial charge in [0.05, 0.1) is 22.1 Å². The van der Waals surface area contributed by atoms with Crippen LogP contribution in [-0.4, -0.2) is 9.97 Å². The fraction of sp³-hybridized carbons (Fsp3) is 0.111. The molecule has 0 aliphatic rings. The molecule has 0 amide bonds. The Morgan fingerprint density at radius 3 is 2.50 bits per heavy atom. The Kier molecular flexibility index (Phi) is 2.27. The summed E-state index contributed by atoms with van der Waals surface area (Å²) in [4.78, 5) is 9.61. The van der Waals surface area contributed by atoms with Gasteiger partial charge in [-0.15, -0.1) is 0 Å². The molecule has 4 aromatic rings. The first kappa shape index (κ1) is 11.4. The number of aromatic nitrogens is 2. The van der Waals surface area contributed by atoms with E-state index in [1.807, 2.05) is 6.07 Å². The van der Waals surface area contributed by atoms with Crippen LogP contribution in [0.5, 0.6) is 0 Å². The maximum absolute atomic E-state index is 4.86. The molecule has 1 aromatic heterocycles. The van der Waals surface area contributed by atoms with Gasteiger partial charge in [0.2, 0.25) is 0 Å². The van der Waals surface area contributed by atoms with Gasteiger partial charge >= 0.3 is 0 Å². The van der Waals surface area contributed by atoms with Crippen molar-refractivity contribution in [2.75, 3.05) is 0 Å². The highest BCUT2D eigenvalue weighted by atomic mass is 14.8. The molecule has 0 atom stereocenters. The lowest BCUT2D eigenvalue weighted by Gasteiger charge is -2.07. The van der Waals surface area contributed by atoms with Crippen molar-refractivity contribution in [3.05, 3.63) is 59.7 Å². The third-order valence-electron chi connectivity index (χ3n) is 3.81. The summed E-state index contributed by atoms with van der Waals surface area (Å²) in [5, 5.41) is 2.43. The third kappa shape index (κ3) is 1.58. The van der Waals surface area contributed by atoms with E-state index < -0.39 is 0 Å². The van der Waals surface area contributed by atoms with E-state index in [1.54, 1.807) is 0 Å². The molecule has 0 N–H and O–H groups in total. The molecule has 0 spiro atoms. The molecule has 4 rings (SSSR count). The van der Waals surface area contributed by atoms with Crippen molar-refractivity contribution in [2.45, 2.75) is 13.8 Å². The molecule has 96 valence electrons. The van der Waals surface area contributed by atoms with Gasteiger partial charge in [0.25, 0.3) is 0 Å². The minimum Gasteiger partial charge on any atom is -0.244 e. The minimum atomic E-state index is 0.955. The van der Waals surface area contributed by atoms with Gasteiger partial charge in [-0.05, 0) is 48.6 Å². The SMILES string of the molecule is Cc1ccc2nc3ccc4cccc(C)c4c3nc2c1. The molecule has 0 saturated carbocycles. The largest absolute Gasteiger partial charge is 0.244 e. The van der Waals surface area contributed by atoms with E-state index in [1.165, 1.54) is 21.9 Å². The standard InChI is InChI=1S/C18H14N2/c1-11-6-8-14-16(10-11)20-18-15(19-14)9-7-13-5-3-4-12(2)17(13)18/h3-10H,1-2H3. The quantitative estimate of drug-likeness (QED) is 0.341. The monoisotopic (exact) mass is 258 g/mol. The number of fused-ring (bicyclic) bond motifs is 4. The molecule has 0 aliphatic heterocycles. The van der Waals surface area contributed by atoms with Gasteiger partial charge < -0.3 is 0 Å². The zero-order valence-corrected chi connectivity index (χ0v) is 11.5. The number of rotatable bonds is 0. The fourth-order valence-corrected chi connectivity index (χ4v) is 2.80. The van der Waals surface area contributed by atoms with Crippen LogP contribution in [0, 0.1) is 13.8 Å². The van der Waals surface area contributed by atoms with Crippen LogP contribution in [0.2, 0.25) is 0 Å². The van der Waals surface area contributed by atoms with E-state index in [4.69, 9.17) is 9.97 Å². The summed E-state index contributed by atoms with van der Waals surface area (Å²) in [6.45, 7) is 4.21. The van der Waals surface area contributed by atoms with Crippen molar-refractivity contribution in [1.29, 1.82) is 0 Å². The summed E-state index contributed by atoms with van der Waals surface area (Å²) < 4.78 is 0. The van der Waals surface area contributed by atoms with Gasteiger partial charge in [-0.3, -0.25) is 0 Å². The highest BCUT2D eigenvalue weighted by molar-refractivity contribution is 6.07. The van der Waals surface area contributed by atoms with Crippen molar-refractivity contribution in [3.8, 4) is 0 Å². The minimum absolute atomic E-state index is 0.955. The van der Waals surface area contributed by atoms with Gasteiger partial charge in [-0.2, -0.15) is 0 Å². The zero-order valence-electron chi connectivity index (χ0n) is 11.5. The fourth-order valence-electron chi connectivity index (χ4n) is 2.80. The predicted molar refractivity (Wildman–Crippen MR) is 84.0 cm³/mol. The van der Waals surface area contributed by atoms with E-state index in [0.29, 0.717) is 0 Å². The summed E-state index contributed by atoms with van der Waals surface area (Å²) in [5.74, 6) is 0. The molecule has 0 radical (unpaired) electrons. The summed E-state index contributed by atoms with van der Waals surface area (Å²) >= 11 is 0. The van der Waals surface area contributed by atoms with Gasteiger partial charge in [-0.1, -0.05) is 30.3 Å². The average Bonchev–Trinajstić information content (AvgIpc) is 2.45. The first-order chi connectivity index (χ1) is 9.72. The number of nitrogens with zero attached hydrogens (tertiary/aromatic N) is 2. The lowest BCUT2D eigenvalue weighted by Crippen LogP contribution is -1.90. The number of hydrogen-bond donors (Lipinski definition) is 0. The van der Waals surface area contributed by atoms with E-state index in [0.717, 1.165) is 22.1 Å². The van der Waals surface area contributed by atoms with Crippen LogP contribution < -0.4 is 0 Å². The van der Waals surface area contributed by atoms with Crippen molar-refractivity contribution in [3.63, 3.8) is 0 Å². The van der Waals surface area contributed by atoms with Gasteiger partial charge in [0.15, 0.2) is 0 Å². The van der Waals surface area contributed by atoms with Crippen LogP contribution in [0.3, 0.4) is 0 Å². The van der Waals surface area contributed by atoms with Crippen LogP contribution in [0.15, 0.2) is 48.5 Å². The van der Waals surface area contributed by atoms with Gasteiger partial charge in [0.1, 0.15) is 0 Å². The van der Waals surface area contributed by atoms with Crippen LogP contribution >= 0.6 is 0 Å². The number of benzene rings is 3. The summed E-state index contributed by atoms with van der Waals surface area (Å²) in [7, 11) is 0. The molecule has 0 unspecified atom stereocenters. The maximum Gasteiger partial charge on any atom is 0.0975 e. The first-order valence-electron chi connectivity index (χ1n) is 6.79. The smallest absolute Gasteiger partial charge is 0.0975 e. The van der Waals surface area contributed by atoms with Gasteiger partial charge in [-0.25, -0.2) is 9.97 Å². The van der Waals surface area contributed by atoms with E-state index in [2.05, 4.69) is 56.3 Å². The normalized spacial score (nSPS) is 11.5. The first-order valence-corrected chi connectivity index (χ1v) is 6.79. The Morgan fingerprint density at radius 1 is 0.750 bits per heavy atom. The van der Waals surface area contributed by atoms with Crippen LogP contribution in [0.4, 0.5) is 0 Å². The Balaban J connectivity index is 2.26. The second-order valence-electron chi connectivity index (χ2n) is 5.32. The lowest BCUT2D eigenvalue weighted by molar-refractivity contribution is 1.37. The highest BCUT2D eigenvalue weighted by Crippen LogP contribution is 2.27. The van der Waals surface area contributed by atoms with Crippen LogP contribution in [0.1, 0.15) is 11.1 Å². The van der Waals surface area contributed by atoms with Crippen LogP contribution in [0.25, 0.3) is 32.8 Å². The summed E-state index contributed by atoms with van der Waals surface area (Å²) in [6.07, 6.45) is 0. The maximum atomic E-state index is 4.86. The predicted octanol–water partition coefficient (Wildman–Crippen LogP) is 4.55. The summed E-state index contributed by atoms with van der Waals surface area (Å²) in [5.41, 5.74) is 6.34. The topological polar surface area (TPSA) is 25.8 Å². The second-order valence-corrected chi connectivity index (χ2v) is 5.32. The Labute approximate surface area is 117 Å². The van der Waals surface area contributed by atoms with Crippen LogP contribution in [-0.2, 0) is 0 Å². The third-order valence-corrected chi connectivity index (χ3v) is 3.81. The molecule has 2 heteroatoms. The molecule has 0 fully saturated rings. The second kappa shape index (κ2) is 4.01. The van der Waals surface area contributed by atoms with Crippen molar-refractivity contribution in [1.82, 2.24) is 9.97 Å². The molecule has 20 heavy (non-hydrogen) atoms. The zero-order chi connectivity index (χ0) is 13.7. The molecule has 3 aromatic carbocycles. The number of aryl methyl sites for hydroxylation is 2. The molecular weight excluding hydrogens is 244 g/mol. The number of hydrogen-bond acceptors (Lipinski definition) is 2. The van der Waals surface area contributed by atoms with Gasteiger partial charge in [0, 0.05) is 5.39 Å². The van der Waals surface area contributed by atoms with E-state index in [-0.39, 0.29) is 0 Å².